The lowest BCUT2D eigenvalue weighted by Gasteiger charge is -2.11. The number of hydrogen-bond acceptors (Lipinski definition) is 6. The first-order valence-electron chi connectivity index (χ1n) is 9.46. The minimum Gasteiger partial charge on any atom is -0.325 e. The number of nitrogens with one attached hydrogen (secondary N) is 1. The molecule has 0 aliphatic carbocycles. The highest BCUT2D eigenvalue weighted by Gasteiger charge is 2.19. The van der Waals surface area contributed by atoms with E-state index in [2.05, 4.69) is 31.4 Å². The number of benzene rings is 3. The lowest BCUT2D eigenvalue weighted by atomic mass is 10.2. The van der Waals surface area contributed by atoms with E-state index in [0.717, 1.165) is 15.7 Å². The van der Waals surface area contributed by atoms with Gasteiger partial charge in [0.25, 0.3) is 5.69 Å². The number of anilines is 1. The molecule has 10 heteroatoms. The molecule has 160 valence electrons. The van der Waals surface area contributed by atoms with Gasteiger partial charge in [0.2, 0.25) is 5.91 Å². The van der Waals surface area contributed by atoms with Gasteiger partial charge >= 0.3 is 0 Å². The van der Waals surface area contributed by atoms with Crippen molar-refractivity contribution in [2.24, 2.45) is 0 Å². The number of nitrogens with zero attached hydrogens (tertiary/aromatic N) is 4. The number of non-ortho nitro benzene ring substituents is 1. The minimum absolute atomic E-state index is 0.0591. The second kappa shape index (κ2) is 9.75. The molecule has 32 heavy (non-hydrogen) atoms. The molecule has 0 saturated heterocycles. The van der Waals surface area contributed by atoms with Crippen molar-refractivity contribution in [2.45, 2.75) is 5.16 Å². The standard InChI is InChI=1S/C22H16BrN5O3S/c23-19-12-5-4-11-18(19)21-25-26-22(27(21)16-8-2-1-3-9-16)32-14-20(29)24-15-7-6-10-17(13-15)28(30)31/h1-13H,14H2,(H,24,29). The van der Waals surface area contributed by atoms with E-state index in [-0.39, 0.29) is 17.3 Å². The molecule has 3 aromatic carbocycles. The van der Waals surface area contributed by atoms with Crippen LogP contribution in [0.5, 0.6) is 0 Å². The van der Waals surface area contributed by atoms with Gasteiger partial charge in [-0.3, -0.25) is 19.5 Å². The smallest absolute Gasteiger partial charge is 0.271 e. The van der Waals surface area contributed by atoms with Crippen molar-refractivity contribution < 1.29 is 9.72 Å². The Labute approximate surface area is 196 Å². The number of nitro benzene ring substituents is 1. The molecule has 1 amide bonds. The van der Waals surface area contributed by atoms with Gasteiger partial charge in [-0.05, 0) is 24.3 Å². The molecular weight excluding hydrogens is 494 g/mol. The van der Waals surface area contributed by atoms with Crippen LogP contribution in [-0.2, 0) is 4.79 Å². The maximum Gasteiger partial charge on any atom is 0.271 e. The number of nitro groups is 1. The Morgan fingerprint density at radius 2 is 1.78 bits per heavy atom. The topological polar surface area (TPSA) is 103 Å². The van der Waals surface area contributed by atoms with Gasteiger partial charge in [-0.25, -0.2) is 0 Å². The van der Waals surface area contributed by atoms with Crippen LogP contribution in [-0.4, -0.2) is 31.3 Å². The van der Waals surface area contributed by atoms with Crippen LogP contribution in [0.15, 0.2) is 88.5 Å². The maximum absolute atomic E-state index is 12.5. The summed E-state index contributed by atoms with van der Waals surface area (Å²) in [5, 5.41) is 22.9. The number of rotatable bonds is 7. The summed E-state index contributed by atoms with van der Waals surface area (Å²) in [6.07, 6.45) is 0. The molecule has 0 spiro atoms. The molecule has 4 rings (SSSR count). The molecule has 0 bridgehead atoms. The molecule has 0 aliphatic rings. The van der Waals surface area contributed by atoms with Gasteiger partial charge in [0, 0.05) is 33.5 Å². The van der Waals surface area contributed by atoms with Crippen molar-refractivity contribution in [3.63, 3.8) is 0 Å². The Morgan fingerprint density at radius 1 is 1.03 bits per heavy atom. The van der Waals surface area contributed by atoms with Crippen LogP contribution in [0.2, 0.25) is 0 Å². The van der Waals surface area contributed by atoms with Gasteiger partial charge in [0.15, 0.2) is 11.0 Å². The lowest BCUT2D eigenvalue weighted by molar-refractivity contribution is -0.384. The molecule has 1 aromatic heterocycles. The van der Waals surface area contributed by atoms with E-state index in [4.69, 9.17) is 0 Å². The Hall–Kier alpha value is -3.50. The number of thioether (sulfide) groups is 1. The minimum atomic E-state index is -0.504. The third-order valence-electron chi connectivity index (χ3n) is 4.44. The van der Waals surface area contributed by atoms with Crippen molar-refractivity contribution >= 4 is 45.0 Å². The monoisotopic (exact) mass is 509 g/mol. The quantitative estimate of drug-likeness (QED) is 0.205. The Kier molecular flexibility index (Phi) is 6.62. The van der Waals surface area contributed by atoms with Gasteiger partial charge in [-0.2, -0.15) is 0 Å². The summed E-state index contributed by atoms with van der Waals surface area (Å²) in [6, 6.07) is 23.2. The number of amides is 1. The van der Waals surface area contributed by atoms with Crippen LogP contribution in [0.1, 0.15) is 0 Å². The Morgan fingerprint density at radius 3 is 2.53 bits per heavy atom. The molecule has 0 unspecified atom stereocenters. The van der Waals surface area contributed by atoms with Gasteiger partial charge in [-0.1, -0.05) is 70.2 Å². The molecule has 4 aromatic rings. The first-order chi connectivity index (χ1) is 15.5. The highest BCUT2D eigenvalue weighted by molar-refractivity contribution is 9.10. The third kappa shape index (κ3) is 4.87. The zero-order valence-corrected chi connectivity index (χ0v) is 18.9. The molecular formula is C22H16BrN5O3S. The van der Waals surface area contributed by atoms with Crippen LogP contribution in [0, 0.1) is 10.1 Å². The zero-order valence-electron chi connectivity index (χ0n) is 16.5. The number of para-hydroxylation sites is 1. The number of aromatic nitrogens is 3. The molecule has 1 heterocycles. The predicted octanol–water partition coefficient (Wildman–Crippen LogP) is 5.34. The fourth-order valence-corrected chi connectivity index (χ4v) is 4.23. The molecule has 8 nitrogen and oxygen atoms in total. The number of halogens is 1. The van der Waals surface area contributed by atoms with Crippen molar-refractivity contribution in [1.29, 1.82) is 0 Å². The summed E-state index contributed by atoms with van der Waals surface area (Å²) in [4.78, 5) is 22.9. The molecule has 0 atom stereocenters. The van der Waals surface area contributed by atoms with Crippen molar-refractivity contribution in [2.75, 3.05) is 11.1 Å². The lowest BCUT2D eigenvalue weighted by Crippen LogP contribution is -2.14. The van der Waals surface area contributed by atoms with E-state index >= 15 is 0 Å². The SMILES string of the molecule is O=C(CSc1nnc(-c2ccccc2Br)n1-c1ccccc1)Nc1cccc([N+](=O)[O-])c1. The van der Waals surface area contributed by atoms with Gasteiger partial charge < -0.3 is 5.32 Å². The van der Waals surface area contributed by atoms with E-state index in [1.807, 2.05) is 59.2 Å². The summed E-state index contributed by atoms with van der Waals surface area (Å²) in [6.45, 7) is 0. The van der Waals surface area contributed by atoms with Gasteiger partial charge in [0.05, 0.1) is 10.7 Å². The summed E-state index contributed by atoms with van der Waals surface area (Å²) >= 11 is 4.79. The average Bonchev–Trinajstić information content (AvgIpc) is 3.22. The summed E-state index contributed by atoms with van der Waals surface area (Å²) < 4.78 is 2.77. The van der Waals surface area contributed by atoms with Crippen molar-refractivity contribution in [3.05, 3.63) is 93.4 Å². The van der Waals surface area contributed by atoms with E-state index in [1.165, 1.54) is 30.0 Å². The van der Waals surface area contributed by atoms with E-state index in [0.29, 0.717) is 16.7 Å². The second-order valence-corrected chi connectivity index (χ2v) is 8.40. The van der Waals surface area contributed by atoms with Crippen LogP contribution < -0.4 is 5.32 Å². The maximum atomic E-state index is 12.5. The number of hydrogen-bond donors (Lipinski definition) is 1. The first kappa shape index (κ1) is 21.7. The Bertz CT molecular complexity index is 1280. The van der Waals surface area contributed by atoms with Crippen molar-refractivity contribution in [3.8, 4) is 17.1 Å². The van der Waals surface area contributed by atoms with Crippen molar-refractivity contribution in [1.82, 2.24) is 14.8 Å². The second-order valence-electron chi connectivity index (χ2n) is 6.60. The van der Waals surface area contributed by atoms with Gasteiger partial charge in [0.1, 0.15) is 0 Å². The third-order valence-corrected chi connectivity index (χ3v) is 6.06. The fraction of sp³-hybridized carbons (Fsp3) is 0.0455. The first-order valence-corrected chi connectivity index (χ1v) is 11.2. The molecule has 0 radical (unpaired) electrons. The van der Waals surface area contributed by atoms with Gasteiger partial charge in [-0.15, -0.1) is 10.2 Å². The van der Waals surface area contributed by atoms with E-state index in [9.17, 15) is 14.9 Å². The van der Waals surface area contributed by atoms with E-state index in [1.54, 1.807) is 6.07 Å². The van der Waals surface area contributed by atoms with E-state index < -0.39 is 4.92 Å². The van der Waals surface area contributed by atoms with Crippen LogP contribution in [0.25, 0.3) is 17.1 Å². The highest BCUT2D eigenvalue weighted by atomic mass is 79.9. The molecule has 0 fully saturated rings. The average molecular weight is 510 g/mol. The molecule has 0 aliphatic heterocycles. The molecule has 0 saturated carbocycles. The highest BCUT2D eigenvalue weighted by Crippen LogP contribution is 2.32. The largest absolute Gasteiger partial charge is 0.325 e. The number of carbonyl (C=O) groups excluding carboxylic acids is 1. The normalized spacial score (nSPS) is 10.7. The zero-order chi connectivity index (χ0) is 22.5. The summed E-state index contributed by atoms with van der Waals surface area (Å²) in [7, 11) is 0. The van der Waals surface area contributed by atoms with Crippen LogP contribution in [0.4, 0.5) is 11.4 Å². The molecule has 1 N–H and O–H groups in total. The van der Waals surface area contributed by atoms with Crippen LogP contribution in [0.3, 0.4) is 0 Å². The predicted molar refractivity (Wildman–Crippen MR) is 127 cm³/mol. The number of carbonyl (C=O) groups is 1. The summed E-state index contributed by atoms with van der Waals surface area (Å²) in [5.74, 6) is 0.398. The van der Waals surface area contributed by atoms with Crippen LogP contribution >= 0.6 is 27.7 Å². The Balaban J connectivity index is 1.58. The summed E-state index contributed by atoms with van der Waals surface area (Å²) in [5.41, 5.74) is 2.02. The fourth-order valence-electron chi connectivity index (χ4n) is 3.01.